The van der Waals surface area contributed by atoms with Crippen LogP contribution in [-0.4, -0.2) is 12.6 Å². The van der Waals surface area contributed by atoms with Gasteiger partial charge in [-0.15, -0.1) is 0 Å². The summed E-state index contributed by atoms with van der Waals surface area (Å²) in [5, 5.41) is 0. The summed E-state index contributed by atoms with van der Waals surface area (Å²) in [4.78, 5) is 13.2. The Labute approximate surface area is 91.5 Å². The van der Waals surface area contributed by atoms with Crippen LogP contribution in [0, 0.1) is 0 Å². The summed E-state index contributed by atoms with van der Waals surface area (Å²) in [7, 11) is 0. The molecule has 0 heterocycles. The number of rotatable bonds is 4. The van der Waals surface area contributed by atoms with E-state index in [9.17, 15) is 4.79 Å². The Kier molecular flexibility index (Phi) is 4.90. The van der Waals surface area contributed by atoms with Crippen molar-refractivity contribution in [2.24, 2.45) is 4.99 Å². The highest BCUT2D eigenvalue weighted by Gasteiger charge is 1.93. The SMILES string of the molecule is O=C=NC/C=C\Cc1ccccc1Br. The predicted octanol–water partition coefficient (Wildman–Crippen LogP) is 2.88. The highest BCUT2D eigenvalue weighted by molar-refractivity contribution is 9.10. The van der Waals surface area contributed by atoms with Gasteiger partial charge in [0.05, 0.1) is 6.54 Å². The van der Waals surface area contributed by atoms with Gasteiger partial charge in [0, 0.05) is 4.47 Å². The first-order valence-electron chi connectivity index (χ1n) is 4.26. The van der Waals surface area contributed by atoms with E-state index in [0.29, 0.717) is 6.54 Å². The van der Waals surface area contributed by atoms with E-state index in [2.05, 4.69) is 27.0 Å². The van der Waals surface area contributed by atoms with E-state index in [-0.39, 0.29) is 0 Å². The summed E-state index contributed by atoms with van der Waals surface area (Å²) in [6.45, 7) is 0.411. The Morgan fingerprint density at radius 1 is 1.36 bits per heavy atom. The van der Waals surface area contributed by atoms with Gasteiger partial charge >= 0.3 is 0 Å². The molecule has 0 aliphatic rings. The molecule has 0 saturated carbocycles. The van der Waals surface area contributed by atoms with E-state index in [4.69, 9.17) is 0 Å². The standard InChI is InChI=1S/C11H10BrNO/c12-11-7-2-1-5-10(11)6-3-4-8-13-9-14/h1-5,7H,6,8H2/b4-3-. The van der Waals surface area contributed by atoms with Crippen molar-refractivity contribution in [1.29, 1.82) is 0 Å². The number of hydrogen-bond acceptors (Lipinski definition) is 2. The molecule has 0 aromatic heterocycles. The number of nitrogens with zero attached hydrogens (tertiary/aromatic N) is 1. The molecule has 0 aliphatic carbocycles. The molecule has 2 nitrogen and oxygen atoms in total. The quantitative estimate of drug-likeness (QED) is 0.460. The van der Waals surface area contributed by atoms with Crippen molar-refractivity contribution in [2.45, 2.75) is 6.42 Å². The number of aliphatic imine (C=N–C) groups is 1. The molecule has 0 N–H and O–H groups in total. The number of benzene rings is 1. The van der Waals surface area contributed by atoms with Crippen LogP contribution in [0.5, 0.6) is 0 Å². The molecule has 0 radical (unpaired) electrons. The maximum Gasteiger partial charge on any atom is 0.235 e. The van der Waals surface area contributed by atoms with Gasteiger partial charge < -0.3 is 0 Å². The minimum atomic E-state index is 0.411. The summed E-state index contributed by atoms with van der Waals surface area (Å²) in [5.41, 5.74) is 1.22. The van der Waals surface area contributed by atoms with Gasteiger partial charge in [-0.25, -0.2) is 9.79 Å². The van der Waals surface area contributed by atoms with Crippen molar-refractivity contribution < 1.29 is 4.79 Å². The molecule has 72 valence electrons. The monoisotopic (exact) mass is 251 g/mol. The molecule has 0 spiro atoms. The van der Waals surface area contributed by atoms with Crippen LogP contribution in [0.2, 0.25) is 0 Å². The fourth-order valence-corrected chi connectivity index (χ4v) is 1.49. The van der Waals surface area contributed by atoms with E-state index < -0.39 is 0 Å². The first-order chi connectivity index (χ1) is 6.84. The molecule has 0 aliphatic heterocycles. The van der Waals surface area contributed by atoms with Gasteiger partial charge in [-0.3, -0.25) is 0 Å². The third-order valence-electron chi connectivity index (χ3n) is 1.72. The van der Waals surface area contributed by atoms with Gasteiger partial charge in [-0.1, -0.05) is 46.3 Å². The van der Waals surface area contributed by atoms with Gasteiger partial charge in [0.2, 0.25) is 6.08 Å². The molecule has 1 rings (SSSR count). The van der Waals surface area contributed by atoms with Crippen molar-refractivity contribution in [3.63, 3.8) is 0 Å². The minimum absolute atomic E-state index is 0.411. The Morgan fingerprint density at radius 3 is 2.86 bits per heavy atom. The normalized spacial score (nSPS) is 10.1. The van der Waals surface area contributed by atoms with E-state index in [0.717, 1.165) is 10.9 Å². The molecular formula is C11H10BrNO. The summed E-state index contributed by atoms with van der Waals surface area (Å²) in [5.74, 6) is 0. The number of halogens is 1. The first-order valence-corrected chi connectivity index (χ1v) is 5.06. The third kappa shape index (κ3) is 3.69. The van der Waals surface area contributed by atoms with Crippen LogP contribution in [-0.2, 0) is 11.2 Å². The van der Waals surface area contributed by atoms with Gasteiger partial charge in [-0.05, 0) is 18.1 Å². The molecule has 0 fully saturated rings. The Bertz CT molecular complexity index is 367. The van der Waals surface area contributed by atoms with Gasteiger partial charge in [0.15, 0.2) is 0 Å². The second-order valence-electron chi connectivity index (χ2n) is 2.70. The maximum absolute atomic E-state index is 9.76. The van der Waals surface area contributed by atoms with Gasteiger partial charge in [-0.2, -0.15) is 0 Å². The maximum atomic E-state index is 9.76. The van der Waals surface area contributed by atoms with E-state index >= 15 is 0 Å². The minimum Gasteiger partial charge on any atom is -0.211 e. The second-order valence-corrected chi connectivity index (χ2v) is 3.55. The van der Waals surface area contributed by atoms with Crippen LogP contribution in [0.3, 0.4) is 0 Å². The lowest BCUT2D eigenvalue weighted by atomic mass is 10.1. The van der Waals surface area contributed by atoms with Crippen LogP contribution < -0.4 is 0 Å². The van der Waals surface area contributed by atoms with Crippen LogP contribution in [0.4, 0.5) is 0 Å². The Hall–Kier alpha value is -1.18. The van der Waals surface area contributed by atoms with Crippen molar-refractivity contribution in [3.8, 4) is 0 Å². The molecule has 0 bridgehead atoms. The Morgan fingerprint density at radius 2 is 2.14 bits per heavy atom. The molecule has 1 aromatic carbocycles. The zero-order valence-corrected chi connectivity index (χ0v) is 9.20. The van der Waals surface area contributed by atoms with Crippen LogP contribution in [0.25, 0.3) is 0 Å². The molecule has 0 unspecified atom stereocenters. The van der Waals surface area contributed by atoms with Gasteiger partial charge in [0.1, 0.15) is 0 Å². The van der Waals surface area contributed by atoms with E-state index in [1.54, 1.807) is 0 Å². The molecule has 0 atom stereocenters. The van der Waals surface area contributed by atoms with Crippen LogP contribution >= 0.6 is 15.9 Å². The van der Waals surface area contributed by atoms with Gasteiger partial charge in [0.25, 0.3) is 0 Å². The van der Waals surface area contributed by atoms with Crippen molar-refractivity contribution in [1.82, 2.24) is 0 Å². The van der Waals surface area contributed by atoms with Crippen LogP contribution in [0.15, 0.2) is 45.9 Å². The highest BCUT2D eigenvalue weighted by Crippen LogP contribution is 2.16. The molecular weight excluding hydrogens is 242 g/mol. The third-order valence-corrected chi connectivity index (χ3v) is 2.50. The number of allylic oxidation sites excluding steroid dienone is 1. The zero-order valence-electron chi connectivity index (χ0n) is 7.61. The highest BCUT2D eigenvalue weighted by atomic mass is 79.9. The first kappa shape index (κ1) is 10.9. The van der Waals surface area contributed by atoms with Crippen molar-refractivity contribution in [3.05, 3.63) is 46.5 Å². The molecule has 14 heavy (non-hydrogen) atoms. The lowest BCUT2D eigenvalue weighted by molar-refractivity contribution is 0.564. The smallest absolute Gasteiger partial charge is 0.211 e. The zero-order chi connectivity index (χ0) is 10.2. The Balaban J connectivity index is 2.49. The lowest BCUT2D eigenvalue weighted by Crippen LogP contribution is -1.82. The number of carbonyl (C=O) groups excluding carboxylic acids is 1. The average Bonchev–Trinajstić information content (AvgIpc) is 2.20. The molecule has 1 aromatic rings. The summed E-state index contributed by atoms with van der Waals surface area (Å²) in [6.07, 6.45) is 6.17. The largest absolute Gasteiger partial charge is 0.235 e. The average molecular weight is 252 g/mol. The molecule has 3 heteroatoms. The molecule has 0 saturated heterocycles. The number of isocyanates is 1. The molecule has 0 amide bonds. The van der Waals surface area contributed by atoms with E-state index in [1.165, 1.54) is 11.6 Å². The predicted molar refractivity (Wildman–Crippen MR) is 60.0 cm³/mol. The summed E-state index contributed by atoms with van der Waals surface area (Å²) < 4.78 is 1.10. The fourth-order valence-electron chi connectivity index (χ4n) is 1.04. The lowest BCUT2D eigenvalue weighted by Gasteiger charge is -1.98. The van der Waals surface area contributed by atoms with Crippen molar-refractivity contribution in [2.75, 3.05) is 6.54 Å². The van der Waals surface area contributed by atoms with E-state index in [1.807, 2.05) is 30.4 Å². The van der Waals surface area contributed by atoms with Crippen LogP contribution in [0.1, 0.15) is 5.56 Å². The summed E-state index contributed by atoms with van der Waals surface area (Å²) >= 11 is 3.46. The number of hydrogen-bond donors (Lipinski definition) is 0. The summed E-state index contributed by atoms with van der Waals surface area (Å²) in [6, 6.07) is 8.04. The fraction of sp³-hybridized carbons (Fsp3) is 0.182. The topological polar surface area (TPSA) is 29.4 Å². The second kappa shape index (κ2) is 6.30. The van der Waals surface area contributed by atoms with Crippen molar-refractivity contribution >= 4 is 22.0 Å².